The van der Waals surface area contributed by atoms with Gasteiger partial charge in [-0.2, -0.15) is 0 Å². The third-order valence-corrected chi connectivity index (χ3v) is 5.99. The van der Waals surface area contributed by atoms with Crippen molar-refractivity contribution in [3.05, 3.63) is 23.0 Å². The Balaban J connectivity index is 1.99. The molecular formula is C20H35NO. The molecule has 1 aliphatic carbocycles. The third kappa shape index (κ3) is 4.16. The van der Waals surface area contributed by atoms with E-state index in [1.54, 1.807) is 0 Å². The Hall–Kier alpha value is -0.760. The van der Waals surface area contributed by atoms with E-state index in [0.717, 1.165) is 12.2 Å². The molecule has 0 radical (unpaired) electrons. The van der Waals surface area contributed by atoms with Crippen LogP contribution in [0, 0.1) is 11.3 Å². The van der Waals surface area contributed by atoms with Crippen molar-refractivity contribution in [2.45, 2.75) is 79.2 Å². The summed E-state index contributed by atoms with van der Waals surface area (Å²) in [5.41, 5.74) is 3.44. The standard InChI is InChI=1S/C20H35NO/c1-6-15(3)17(5)12-19(16(4)7-2)22-18-8-10-20(11-9-18)13-21-14-20/h12,15,18,21H,6-11,13-14H2,1-5H3/b17-12-,19-16?. The first-order valence-corrected chi connectivity index (χ1v) is 9.25. The average molecular weight is 306 g/mol. The molecule has 1 heterocycles. The van der Waals surface area contributed by atoms with E-state index in [-0.39, 0.29) is 0 Å². The van der Waals surface area contributed by atoms with E-state index >= 15 is 0 Å². The molecule has 22 heavy (non-hydrogen) atoms. The van der Waals surface area contributed by atoms with Gasteiger partial charge in [-0.15, -0.1) is 0 Å². The zero-order valence-corrected chi connectivity index (χ0v) is 15.3. The van der Waals surface area contributed by atoms with Crippen LogP contribution in [0.15, 0.2) is 23.0 Å². The highest BCUT2D eigenvalue weighted by molar-refractivity contribution is 5.24. The molecule has 2 rings (SSSR count). The van der Waals surface area contributed by atoms with Crippen molar-refractivity contribution in [1.29, 1.82) is 0 Å². The second-order valence-electron chi connectivity index (χ2n) is 7.62. The summed E-state index contributed by atoms with van der Waals surface area (Å²) in [6.45, 7) is 13.7. The summed E-state index contributed by atoms with van der Waals surface area (Å²) in [6, 6.07) is 0. The van der Waals surface area contributed by atoms with Crippen LogP contribution in [0.3, 0.4) is 0 Å². The summed E-state index contributed by atoms with van der Waals surface area (Å²) in [6.07, 6.45) is 10.1. The van der Waals surface area contributed by atoms with Crippen LogP contribution in [0.25, 0.3) is 0 Å². The van der Waals surface area contributed by atoms with Gasteiger partial charge in [0.2, 0.25) is 0 Å². The highest BCUT2D eigenvalue weighted by Crippen LogP contribution is 2.41. The van der Waals surface area contributed by atoms with E-state index in [9.17, 15) is 0 Å². The molecule has 1 saturated heterocycles. The van der Waals surface area contributed by atoms with E-state index in [4.69, 9.17) is 4.74 Å². The van der Waals surface area contributed by atoms with Gasteiger partial charge in [0.05, 0.1) is 6.10 Å². The predicted molar refractivity (Wildman–Crippen MR) is 94.8 cm³/mol. The molecule has 126 valence electrons. The van der Waals surface area contributed by atoms with Gasteiger partial charge in [-0.3, -0.25) is 0 Å². The van der Waals surface area contributed by atoms with Crippen LogP contribution in [0.2, 0.25) is 0 Å². The zero-order chi connectivity index (χ0) is 16.2. The molecule has 1 spiro atoms. The largest absolute Gasteiger partial charge is 0.491 e. The maximum atomic E-state index is 6.45. The van der Waals surface area contributed by atoms with E-state index in [0.29, 0.717) is 17.4 Å². The first-order chi connectivity index (χ1) is 10.5. The van der Waals surface area contributed by atoms with Crippen molar-refractivity contribution in [1.82, 2.24) is 5.32 Å². The van der Waals surface area contributed by atoms with Crippen LogP contribution in [0.4, 0.5) is 0 Å². The minimum atomic E-state index is 0.420. The summed E-state index contributed by atoms with van der Waals surface area (Å²) in [5.74, 6) is 1.78. The number of rotatable bonds is 6. The molecule has 1 aliphatic heterocycles. The molecule has 2 aliphatic rings. The van der Waals surface area contributed by atoms with Crippen LogP contribution < -0.4 is 5.32 Å². The second-order valence-corrected chi connectivity index (χ2v) is 7.62. The first kappa shape index (κ1) is 17.6. The van der Waals surface area contributed by atoms with Gasteiger partial charge in [0.25, 0.3) is 0 Å². The van der Waals surface area contributed by atoms with Crippen molar-refractivity contribution in [2.75, 3.05) is 13.1 Å². The van der Waals surface area contributed by atoms with E-state index < -0.39 is 0 Å². The molecule has 0 amide bonds. The van der Waals surface area contributed by atoms with E-state index in [2.05, 4.69) is 46.0 Å². The molecular weight excluding hydrogens is 270 g/mol. The average Bonchev–Trinajstić information content (AvgIpc) is 2.51. The highest BCUT2D eigenvalue weighted by Gasteiger charge is 2.40. The summed E-state index contributed by atoms with van der Waals surface area (Å²) in [5, 5.41) is 3.44. The summed E-state index contributed by atoms with van der Waals surface area (Å²) < 4.78 is 6.45. The minimum absolute atomic E-state index is 0.420. The summed E-state index contributed by atoms with van der Waals surface area (Å²) in [4.78, 5) is 0. The third-order valence-electron chi connectivity index (χ3n) is 5.99. The Morgan fingerprint density at radius 3 is 2.32 bits per heavy atom. The molecule has 0 aromatic carbocycles. The van der Waals surface area contributed by atoms with Gasteiger partial charge < -0.3 is 10.1 Å². The second kappa shape index (κ2) is 7.68. The fraction of sp³-hybridized carbons (Fsp3) is 0.800. The van der Waals surface area contributed by atoms with Crippen LogP contribution in [0.5, 0.6) is 0 Å². The van der Waals surface area contributed by atoms with Gasteiger partial charge in [0, 0.05) is 13.1 Å². The topological polar surface area (TPSA) is 21.3 Å². The van der Waals surface area contributed by atoms with E-state index in [1.165, 1.54) is 56.3 Å². The fourth-order valence-corrected chi connectivity index (χ4v) is 3.44. The molecule has 2 nitrogen and oxygen atoms in total. The number of ether oxygens (including phenoxy) is 1. The zero-order valence-electron chi connectivity index (χ0n) is 15.3. The Bertz CT molecular complexity index is 421. The number of hydrogen-bond donors (Lipinski definition) is 1. The highest BCUT2D eigenvalue weighted by atomic mass is 16.5. The van der Waals surface area contributed by atoms with E-state index in [1.807, 2.05) is 0 Å². The normalized spacial score (nSPS) is 24.7. The van der Waals surface area contributed by atoms with Gasteiger partial charge in [-0.05, 0) is 75.4 Å². The summed E-state index contributed by atoms with van der Waals surface area (Å²) >= 11 is 0. The number of hydrogen-bond acceptors (Lipinski definition) is 2. The maximum Gasteiger partial charge on any atom is 0.118 e. The van der Waals surface area contributed by atoms with Gasteiger partial charge in [0.15, 0.2) is 0 Å². The van der Waals surface area contributed by atoms with Crippen molar-refractivity contribution < 1.29 is 4.74 Å². The molecule has 0 aromatic heterocycles. The van der Waals surface area contributed by atoms with Crippen LogP contribution >= 0.6 is 0 Å². The van der Waals surface area contributed by atoms with Crippen molar-refractivity contribution in [3.63, 3.8) is 0 Å². The maximum absolute atomic E-state index is 6.45. The Kier molecular flexibility index (Phi) is 6.14. The Morgan fingerprint density at radius 1 is 1.23 bits per heavy atom. The van der Waals surface area contributed by atoms with Gasteiger partial charge in [-0.1, -0.05) is 26.3 Å². The molecule has 2 fully saturated rings. The lowest BCUT2D eigenvalue weighted by Crippen LogP contribution is -2.55. The molecule has 1 saturated carbocycles. The first-order valence-electron chi connectivity index (χ1n) is 9.25. The molecule has 1 atom stereocenters. The number of nitrogens with one attached hydrogen (secondary N) is 1. The molecule has 0 bridgehead atoms. The molecule has 1 unspecified atom stereocenters. The quantitative estimate of drug-likeness (QED) is 0.537. The minimum Gasteiger partial charge on any atom is -0.491 e. The van der Waals surface area contributed by atoms with Crippen molar-refractivity contribution >= 4 is 0 Å². The smallest absolute Gasteiger partial charge is 0.118 e. The van der Waals surface area contributed by atoms with Gasteiger partial charge >= 0.3 is 0 Å². The van der Waals surface area contributed by atoms with Crippen LogP contribution in [0.1, 0.15) is 73.1 Å². The molecule has 2 heteroatoms. The SMILES string of the molecule is CCC(C)=C(/C=C(/C)C(C)CC)OC1CCC2(CC1)CNC2. The molecule has 0 aromatic rings. The lowest BCUT2D eigenvalue weighted by atomic mass is 9.69. The molecule has 1 N–H and O–H groups in total. The number of allylic oxidation sites excluding steroid dienone is 3. The Labute approximate surface area is 137 Å². The fourth-order valence-electron chi connectivity index (χ4n) is 3.44. The lowest BCUT2D eigenvalue weighted by molar-refractivity contribution is 0.0137. The van der Waals surface area contributed by atoms with Crippen LogP contribution in [-0.4, -0.2) is 19.2 Å². The van der Waals surface area contributed by atoms with Crippen molar-refractivity contribution in [2.24, 2.45) is 11.3 Å². The lowest BCUT2D eigenvalue weighted by Gasteiger charge is -2.47. The van der Waals surface area contributed by atoms with Crippen molar-refractivity contribution in [3.8, 4) is 0 Å². The van der Waals surface area contributed by atoms with Gasteiger partial charge in [-0.25, -0.2) is 0 Å². The van der Waals surface area contributed by atoms with Crippen LogP contribution in [-0.2, 0) is 4.74 Å². The van der Waals surface area contributed by atoms with Gasteiger partial charge in [0.1, 0.15) is 5.76 Å². The summed E-state index contributed by atoms with van der Waals surface area (Å²) in [7, 11) is 0. The monoisotopic (exact) mass is 305 g/mol. The predicted octanol–water partition coefficient (Wildman–Crippen LogP) is 5.21. The Morgan fingerprint density at radius 2 is 1.86 bits per heavy atom.